The molecule has 0 bridgehead atoms. The molecule has 5 heteroatoms. The molecule has 0 fully saturated rings. The van der Waals surface area contributed by atoms with Gasteiger partial charge in [0.05, 0.1) is 24.2 Å². The normalized spacial score (nSPS) is 13.3. The van der Waals surface area contributed by atoms with E-state index in [-0.39, 0.29) is 6.85 Å². The minimum absolute atomic E-state index is 0.176. The number of rotatable bonds is 2. The van der Waals surface area contributed by atoms with Gasteiger partial charge in [-0.2, -0.15) is 0 Å². The Hall–Kier alpha value is -3.34. The molecule has 4 heterocycles. The van der Waals surface area contributed by atoms with Crippen LogP contribution in [0.15, 0.2) is 77.4 Å². The minimum atomic E-state index is 0.176. The van der Waals surface area contributed by atoms with Gasteiger partial charge in [0, 0.05) is 12.3 Å². The van der Waals surface area contributed by atoms with Crippen molar-refractivity contribution in [3.63, 3.8) is 0 Å². The number of anilines is 2. The molecular weight excluding hydrogens is 333 g/mol. The molecule has 0 spiro atoms. The molecule has 5 rings (SSSR count). The van der Waals surface area contributed by atoms with E-state index in [0.29, 0.717) is 5.71 Å². The summed E-state index contributed by atoms with van der Waals surface area (Å²) < 4.78 is 8.31. The molecule has 0 saturated carbocycles. The predicted octanol–water partition coefficient (Wildman–Crippen LogP) is 4.64. The van der Waals surface area contributed by atoms with Crippen molar-refractivity contribution in [2.45, 2.75) is 6.82 Å². The maximum atomic E-state index is 6.18. The van der Waals surface area contributed by atoms with E-state index in [0.717, 1.165) is 22.7 Å². The highest BCUT2D eigenvalue weighted by atomic mass is 16.4. The molecule has 1 aromatic carbocycles. The Morgan fingerprint density at radius 1 is 1.04 bits per heavy atom. The quantitative estimate of drug-likeness (QED) is 0.389. The van der Waals surface area contributed by atoms with Crippen LogP contribution < -0.4 is 9.38 Å². The summed E-state index contributed by atoms with van der Waals surface area (Å²) >= 11 is 0. The molecule has 0 amide bonds. The number of aromatic nitrogens is 2. The number of hydrogen-bond donors (Lipinski definition) is 0. The molecule has 0 radical (unpaired) electrons. The number of furan rings is 1. The largest absolute Gasteiger partial charge is 0.405 e. The predicted molar refractivity (Wildman–Crippen MR) is 110 cm³/mol. The van der Waals surface area contributed by atoms with E-state index in [4.69, 9.17) is 4.42 Å². The fraction of sp³-hybridized carbons (Fsp3) is 0.0909. The number of aryl methyl sites for hydroxylation is 1. The summed E-state index contributed by atoms with van der Waals surface area (Å²) in [5.41, 5.74) is 4.14. The third-order valence-electron chi connectivity index (χ3n) is 5.13. The maximum absolute atomic E-state index is 6.18. The van der Waals surface area contributed by atoms with Crippen molar-refractivity contribution in [3.05, 3.63) is 78.5 Å². The third kappa shape index (κ3) is 2.55. The Bertz CT molecular complexity index is 1170. The smallest absolute Gasteiger partial charge is 0.404 e. The molecule has 4 aromatic rings. The summed E-state index contributed by atoms with van der Waals surface area (Å²) in [7, 11) is 2.07. The van der Waals surface area contributed by atoms with Crippen LogP contribution in [0, 0.1) is 0 Å². The number of pyridine rings is 2. The van der Waals surface area contributed by atoms with Crippen LogP contribution in [0.5, 0.6) is 0 Å². The van der Waals surface area contributed by atoms with Crippen molar-refractivity contribution in [1.29, 1.82) is 0 Å². The summed E-state index contributed by atoms with van der Waals surface area (Å²) in [6.07, 6.45) is 6.01. The fourth-order valence-electron chi connectivity index (χ4n) is 3.71. The van der Waals surface area contributed by atoms with E-state index in [2.05, 4.69) is 88.9 Å². The van der Waals surface area contributed by atoms with Gasteiger partial charge < -0.3 is 4.42 Å². The van der Waals surface area contributed by atoms with Gasteiger partial charge in [-0.15, -0.1) is 0 Å². The average molecular weight is 352 g/mol. The number of benzene rings is 1. The lowest BCUT2D eigenvalue weighted by Crippen LogP contribution is -2.43. The highest BCUT2D eigenvalue weighted by molar-refractivity contribution is 6.69. The van der Waals surface area contributed by atoms with Gasteiger partial charge in [-0.05, 0) is 36.1 Å². The van der Waals surface area contributed by atoms with Crippen LogP contribution in [-0.2, 0) is 7.05 Å². The first-order chi connectivity index (χ1) is 13.2. The van der Waals surface area contributed by atoms with Crippen molar-refractivity contribution in [3.8, 4) is 11.1 Å². The van der Waals surface area contributed by atoms with Gasteiger partial charge in [0.1, 0.15) is 0 Å². The first kappa shape index (κ1) is 15.9. The zero-order valence-corrected chi connectivity index (χ0v) is 15.3. The van der Waals surface area contributed by atoms with Gasteiger partial charge in [-0.1, -0.05) is 42.4 Å². The van der Waals surface area contributed by atoms with Gasteiger partial charge in [0.25, 0.3) is 11.7 Å². The number of hydrogen-bond acceptors (Lipinski definition) is 3. The van der Waals surface area contributed by atoms with Crippen LogP contribution in [0.1, 0.15) is 5.56 Å². The standard InChI is InChI=1S/C22H19BN3O/c1-23-12-10-19-18-9-6-13-24-21(18)27-22(19)26(23)20-15-17(11-14-25(20)2)16-7-4-3-5-8-16/h3-15H,1-2H3/q+1. The molecule has 130 valence electrons. The molecule has 3 aromatic heterocycles. The Labute approximate surface area is 158 Å². The molecule has 0 N–H and O–H groups in total. The van der Waals surface area contributed by atoms with Crippen molar-refractivity contribution in [1.82, 2.24) is 4.98 Å². The Morgan fingerprint density at radius 2 is 1.89 bits per heavy atom. The SMILES string of the molecule is CB1C=Cc2c(oc3ncccc23)N1c1cc(-c2ccccc2)cc[n+]1C. The van der Waals surface area contributed by atoms with Crippen LogP contribution in [0.4, 0.5) is 11.7 Å². The summed E-state index contributed by atoms with van der Waals surface area (Å²) in [6.45, 7) is 2.35. The van der Waals surface area contributed by atoms with Crippen LogP contribution in [-0.4, -0.2) is 11.8 Å². The highest BCUT2D eigenvalue weighted by Crippen LogP contribution is 2.39. The topological polar surface area (TPSA) is 33.2 Å². The molecule has 1 aliphatic rings. The fourth-order valence-corrected chi connectivity index (χ4v) is 3.71. The molecular formula is C22H19BN3O+. The van der Waals surface area contributed by atoms with E-state index in [9.17, 15) is 0 Å². The molecule has 27 heavy (non-hydrogen) atoms. The minimum Gasteiger partial charge on any atom is -0.404 e. The zero-order valence-electron chi connectivity index (χ0n) is 15.3. The van der Waals surface area contributed by atoms with Crippen molar-refractivity contribution >= 4 is 35.7 Å². The first-order valence-corrected chi connectivity index (χ1v) is 9.12. The second-order valence-electron chi connectivity index (χ2n) is 6.90. The Balaban J connectivity index is 1.70. The van der Waals surface area contributed by atoms with Crippen molar-refractivity contribution in [2.24, 2.45) is 7.05 Å². The van der Waals surface area contributed by atoms with Crippen LogP contribution in [0.25, 0.3) is 28.3 Å². The van der Waals surface area contributed by atoms with Crippen LogP contribution in [0.2, 0.25) is 6.82 Å². The number of nitrogens with zero attached hydrogens (tertiary/aromatic N) is 3. The number of fused-ring (bicyclic) bond motifs is 3. The third-order valence-corrected chi connectivity index (χ3v) is 5.13. The van der Waals surface area contributed by atoms with Crippen molar-refractivity contribution < 1.29 is 8.98 Å². The van der Waals surface area contributed by atoms with E-state index in [1.54, 1.807) is 6.20 Å². The second-order valence-corrected chi connectivity index (χ2v) is 6.90. The van der Waals surface area contributed by atoms with Crippen LogP contribution >= 0.6 is 0 Å². The Morgan fingerprint density at radius 3 is 2.74 bits per heavy atom. The van der Waals surface area contributed by atoms with E-state index < -0.39 is 0 Å². The van der Waals surface area contributed by atoms with Gasteiger partial charge in [-0.25, -0.2) is 9.55 Å². The summed E-state index contributed by atoms with van der Waals surface area (Å²) in [5.74, 6) is 4.13. The lowest BCUT2D eigenvalue weighted by atomic mass is 9.61. The molecule has 4 nitrogen and oxygen atoms in total. The summed E-state index contributed by atoms with van der Waals surface area (Å²) in [6, 6.07) is 18.8. The Kier molecular flexibility index (Phi) is 3.61. The van der Waals surface area contributed by atoms with Gasteiger partial charge in [-0.3, -0.25) is 4.81 Å². The molecule has 1 aliphatic heterocycles. The maximum Gasteiger partial charge on any atom is 0.405 e. The van der Waals surface area contributed by atoms with E-state index in [1.807, 2.05) is 12.1 Å². The van der Waals surface area contributed by atoms with E-state index >= 15 is 0 Å². The van der Waals surface area contributed by atoms with Gasteiger partial charge in [0.2, 0.25) is 5.71 Å². The monoisotopic (exact) mass is 352 g/mol. The van der Waals surface area contributed by atoms with E-state index in [1.165, 1.54) is 11.1 Å². The summed E-state index contributed by atoms with van der Waals surface area (Å²) in [5, 5.41) is 1.04. The highest BCUT2D eigenvalue weighted by Gasteiger charge is 2.37. The lowest BCUT2D eigenvalue weighted by molar-refractivity contribution is -0.658. The van der Waals surface area contributed by atoms with Crippen LogP contribution in [0.3, 0.4) is 0 Å². The lowest BCUT2D eigenvalue weighted by Gasteiger charge is -2.22. The average Bonchev–Trinajstić information content (AvgIpc) is 3.08. The van der Waals surface area contributed by atoms with Gasteiger partial charge >= 0.3 is 6.85 Å². The zero-order chi connectivity index (χ0) is 18.4. The second kappa shape index (κ2) is 6.13. The molecule has 0 unspecified atom stereocenters. The first-order valence-electron chi connectivity index (χ1n) is 9.12. The molecule has 0 aliphatic carbocycles. The summed E-state index contributed by atoms with van der Waals surface area (Å²) in [4.78, 5) is 6.63. The molecule has 0 atom stereocenters. The molecule has 0 saturated heterocycles. The van der Waals surface area contributed by atoms with Gasteiger partial charge in [0.15, 0.2) is 0 Å². The van der Waals surface area contributed by atoms with Crippen molar-refractivity contribution in [2.75, 3.05) is 4.81 Å².